The van der Waals surface area contributed by atoms with Gasteiger partial charge in [0, 0.05) is 25.4 Å². The van der Waals surface area contributed by atoms with E-state index in [0.29, 0.717) is 13.0 Å². The molecule has 4 aromatic rings. The zero-order valence-electron chi connectivity index (χ0n) is 15.5. The van der Waals surface area contributed by atoms with Crippen molar-refractivity contribution in [3.05, 3.63) is 90.3 Å². The van der Waals surface area contributed by atoms with Crippen LogP contribution in [0.5, 0.6) is 0 Å². The number of carbonyl (C=O) groups excluding carboxylic acids is 1. The molecule has 3 heterocycles. The summed E-state index contributed by atoms with van der Waals surface area (Å²) in [7, 11) is -3.53. The van der Waals surface area contributed by atoms with Crippen molar-refractivity contribution < 1.29 is 17.6 Å². The van der Waals surface area contributed by atoms with Gasteiger partial charge in [-0.05, 0) is 36.4 Å². The molecule has 1 N–H and O–H groups in total. The predicted molar refractivity (Wildman–Crippen MR) is 107 cm³/mol. The number of furan rings is 1. The van der Waals surface area contributed by atoms with Crippen molar-refractivity contribution in [2.24, 2.45) is 0 Å². The van der Waals surface area contributed by atoms with Crippen LogP contribution < -0.4 is 5.32 Å². The third-order valence-corrected chi connectivity index (χ3v) is 6.06. The number of fused-ring (bicyclic) bond motifs is 1. The van der Waals surface area contributed by atoms with E-state index in [-0.39, 0.29) is 22.2 Å². The summed E-state index contributed by atoms with van der Waals surface area (Å²) in [5.41, 5.74) is 1.72. The van der Waals surface area contributed by atoms with Gasteiger partial charge in [-0.25, -0.2) is 13.4 Å². The lowest BCUT2D eigenvalue weighted by atomic mass is 10.3. The van der Waals surface area contributed by atoms with Crippen molar-refractivity contribution in [2.75, 3.05) is 6.54 Å². The van der Waals surface area contributed by atoms with E-state index < -0.39 is 15.7 Å². The maximum atomic E-state index is 12.4. The van der Waals surface area contributed by atoms with Gasteiger partial charge in [-0.3, -0.25) is 4.79 Å². The van der Waals surface area contributed by atoms with Crippen LogP contribution in [0, 0.1) is 0 Å². The molecule has 4 rings (SSSR count). The number of rotatable bonds is 7. The summed E-state index contributed by atoms with van der Waals surface area (Å²) in [6.45, 7) is 0.390. The molecule has 0 atom stereocenters. The lowest BCUT2D eigenvalue weighted by Crippen LogP contribution is -2.25. The van der Waals surface area contributed by atoms with Gasteiger partial charge in [-0.15, -0.1) is 0 Å². The highest BCUT2D eigenvalue weighted by Gasteiger charge is 2.19. The highest BCUT2D eigenvalue weighted by atomic mass is 32.2. The van der Waals surface area contributed by atoms with E-state index in [0.717, 1.165) is 11.3 Å². The molecule has 7 nitrogen and oxygen atoms in total. The first-order valence-electron chi connectivity index (χ1n) is 9.09. The molecule has 0 bridgehead atoms. The molecular formula is C21H19N3O4S. The van der Waals surface area contributed by atoms with Gasteiger partial charge in [-0.1, -0.05) is 24.3 Å². The Bertz CT molecular complexity index is 1210. The summed E-state index contributed by atoms with van der Waals surface area (Å²) in [5, 5.41) is 2.77. The summed E-state index contributed by atoms with van der Waals surface area (Å²) in [4.78, 5) is 17.0. The van der Waals surface area contributed by atoms with E-state index >= 15 is 0 Å². The van der Waals surface area contributed by atoms with Gasteiger partial charge in [0.05, 0.1) is 10.6 Å². The summed E-state index contributed by atoms with van der Waals surface area (Å²) >= 11 is 0. The van der Waals surface area contributed by atoms with Gasteiger partial charge in [0.25, 0.3) is 5.91 Å². The largest absolute Gasteiger partial charge is 0.455 e. The molecule has 3 aromatic heterocycles. The highest BCUT2D eigenvalue weighted by molar-refractivity contribution is 7.90. The molecule has 0 aliphatic carbocycles. The SMILES string of the molecule is O=C(NCCc1cn2ccccc2n1)c1ccc(CS(=O)(=O)c2ccccc2)o1. The van der Waals surface area contributed by atoms with Crippen molar-refractivity contribution in [2.45, 2.75) is 17.1 Å². The topological polar surface area (TPSA) is 93.7 Å². The average molecular weight is 409 g/mol. The lowest BCUT2D eigenvalue weighted by molar-refractivity contribution is 0.0925. The Balaban J connectivity index is 1.34. The molecule has 0 spiro atoms. The first-order valence-corrected chi connectivity index (χ1v) is 10.7. The van der Waals surface area contributed by atoms with Crippen LogP contribution in [0.25, 0.3) is 5.65 Å². The molecule has 0 radical (unpaired) electrons. The minimum absolute atomic E-state index is 0.0817. The number of nitrogens with one attached hydrogen (secondary N) is 1. The lowest BCUT2D eigenvalue weighted by Gasteiger charge is -2.03. The molecule has 0 saturated carbocycles. The van der Waals surface area contributed by atoms with E-state index in [1.165, 1.54) is 24.3 Å². The molecular weight excluding hydrogens is 390 g/mol. The third kappa shape index (κ3) is 4.38. The molecule has 1 amide bonds. The molecule has 29 heavy (non-hydrogen) atoms. The van der Waals surface area contributed by atoms with Gasteiger partial charge in [0.1, 0.15) is 17.2 Å². The standard InChI is InChI=1S/C21H19N3O4S/c25-21(22-12-11-16-14-24-13-5-4-8-20(24)23-16)19-10-9-17(28-19)15-29(26,27)18-6-2-1-3-7-18/h1-10,13-14H,11-12,15H2,(H,22,25). The Morgan fingerprint density at radius 1 is 1.03 bits per heavy atom. The van der Waals surface area contributed by atoms with E-state index in [1.54, 1.807) is 18.2 Å². The maximum absolute atomic E-state index is 12.4. The number of sulfone groups is 1. The second-order valence-corrected chi connectivity index (χ2v) is 8.53. The van der Waals surface area contributed by atoms with Crippen molar-refractivity contribution in [1.82, 2.24) is 14.7 Å². The Morgan fingerprint density at radius 2 is 1.83 bits per heavy atom. The fraction of sp³-hybridized carbons (Fsp3) is 0.143. The van der Waals surface area contributed by atoms with Crippen LogP contribution in [0.2, 0.25) is 0 Å². The Hall–Kier alpha value is -3.39. The Labute approximate surface area is 167 Å². The number of aromatic nitrogens is 2. The summed E-state index contributed by atoms with van der Waals surface area (Å²) in [6, 6.07) is 16.9. The number of amides is 1. The van der Waals surface area contributed by atoms with Crippen LogP contribution in [-0.4, -0.2) is 30.3 Å². The molecule has 1 aromatic carbocycles. The smallest absolute Gasteiger partial charge is 0.287 e. The number of benzene rings is 1. The molecule has 0 fully saturated rings. The van der Waals surface area contributed by atoms with Gasteiger partial charge in [-0.2, -0.15) is 0 Å². The van der Waals surface area contributed by atoms with E-state index in [1.807, 2.05) is 35.0 Å². The fourth-order valence-electron chi connectivity index (χ4n) is 2.97. The van der Waals surface area contributed by atoms with Crippen LogP contribution in [-0.2, 0) is 22.0 Å². The average Bonchev–Trinajstić information content (AvgIpc) is 3.34. The van der Waals surface area contributed by atoms with Crippen LogP contribution in [0.1, 0.15) is 22.0 Å². The van der Waals surface area contributed by atoms with Gasteiger partial charge in [0.2, 0.25) is 0 Å². The van der Waals surface area contributed by atoms with Crippen molar-refractivity contribution >= 4 is 21.4 Å². The minimum Gasteiger partial charge on any atom is -0.455 e. The fourth-order valence-corrected chi connectivity index (χ4v) is 4.24. The number of carbonyl (C=O) groups is 1. The van der Waals surface area contributed by atoms with Crippen LogP contribution in [0.15, 0.2) is 82.4 Å². The van der Waals surface area contributed by atoms with Crippen molar-refractivity contribution in [1.29, 1.82) is 0 Å². The van der Waals surface area contributed by atoms with E-state index in [2.05, 4.69) is 10.3 Å². The predicted octanol–water partition coefficient (Wildman–Crippen LogP) is 2.87. The van der Waals surface area contributed by atoms with Crippen LogP contribution >= 0.6 is 0 Å². The van der Waals surface area contributed by atoms with Gasteiger partial charge >= 0.3 is 0 Å². The Kier molecular flexibility index (Phi) is 5.18. The zero-order valence-corrected chi connectivity index (χ0v) is 16.3. The summed E-state index contributed by atoms with van der Waals surface area (Å²) in [6.07, 6.45) is 4.41. The van der Waals surface area contributed by atoms with Crippen molar-refractivity contribution in [3.8, 4) is 0 Å². The second-order valence-electron chi connectivity index (χ2n) is 6.54. The monoisotopic (exact) mass is 409 g/mol. The number of imidazole rings is 1. The molecule has 0 saturated heterocycles. The third-order valence-electron chi connectivity index (χ3n) is 4.40. The molecule has 8 heteroatoms. The first kappa shape index (κ1) is 18.9. The zero-order chi connectivity index (χ0) is 20.3. The minimum atomic E-state index is -3.53. The Morgan fingerprint density at radius 3 is 2.62 bits per heavy atom. The van der Waals surface area contributed by atoms with Crippen LogP contribution in [0.4, 0.5) is 0 Å². The maximum Gasteiger partial charge on any atom is 0.287 e. The summed E-state index contributed by atoms with van der Waals surface area (Å²) in [5.74, 6) is -0.388. The number of nitrogens with zero attached hydrogens (tertiary/aromatic N) is 2. The van der Waals surface area contributed by atoms with Crippen molar-refractivity contribution in [3.63, 3.8) is 0 Å². The summed E-state index contributed by atoms with van der Waals surface area (Å²) < 4.78 is 32.2. The van der Waals surface area contributed by atoms with Gasteiger partial charge < -0.3 is 14.1 Å². The quantitative estimate of drug-likeness (QED) is 0.507. The second kappa shape index (κ2) is 7.92. The van der Waals surface area contributed by atoms with Crippen LogP contribution in [0.3, 0.4) is 0 Å². The molecule has 0 aliphatic rings. The normalized spacial score (nSPS) is 11.6. The molecule has 0 aliphatic heterocycles. The van der Waals surface area contributed by atoms with E-state index in [4.69, 9.17) is 4.42 Å². The molecule has 148 valence electrons. The number of hydrogen-bond donors (Lipinski definition) is 1. The van der Waals surface area contributed by atoms with E-state index in [9.17, 15) is 13.2 Å². The number of hydrogen-bond acceptors (Lipinski definition) is 5. The van der Waals surface area contributed by atoms with Gasteiger partial charge in [0.15, 0.2) is 15.6 Å². The number of pyridine rings is 1. The first-order chi connectivity index (χ1) is 14.0. The molecule has 0 unspecified atom stereocenters. The highest BCUT2D eigenvalue weighted by Crippen LogP contribution is 2.18.